The molecule has 0 unspecified atom stereocenters. The lowest BCUT2D eigenvalue weighted by Gasteiger charge is -2.14. The van der Waals surface area contributed by atoms with Gasteiger partial charge in [-0.25, -0.2) is 4.39 Å². The Morgan fingerprint density at radius 3 is 2.26 bits per heavy atom. The van der Waals surface area contributed by atoms with Crippen LogP contribution in [0.3, 0.4) is 0 Å². The van der Waals surface area contributed by atoms with E-state index in [0.717, 1.165) is 22.3 Å². The van der Waals surface area contributed by atoms with Crippen LogP contribution < -0.4 is 4.74 Å². The van der Waals surface area contributed by atoms with Crippen LogP contribution >= 0.6 is 0 Å². The van der Waals surface area contributed by atoms with Gasteiger partial charge in [0.1, 0.15) is 18.2 Å². The van der Waals surface area contributed by atoms with E-state index in [9.17, 15) is 4.39 Å². The van der Waals surface area contributed by atoms with Crippen molar-refractivity contribution in [3.63, 3.8) is 0 Å². The lowest BCUT2D eigenvalue weighted by Crippen LogP contribution is -1.96. The number of halogens is 1. The van der Waals surface area contributed by atoms with Crippen LogP contribution in [0, 0.1) is 5.82 Å². The van der Waals surface area contributed by atoms with Crippen molar-refractivity contribution < 1.29 is 9.13 Å². The first kappa shape index (κ1) is 15.0. The number of hydrogen-bond donors (Lipinski definition) is 0. The van der Waals surface area contributed by atoms with E-state index in [1.165, 1.54) is 12.1 Å². The van der Waals surface area contributed by atoms with Gasteiger partial charge in [0, 0.05) is 5.56 Å². The second-order valence-corrected chi connectivity index (χ2v) is 5.15. The summed E-state index contributed by atoms with van der Waals surface area (Å²) in [6, 6.07) is 22.6. The number of rotatable bonds is 5. The molecule has 0 heterocycles. The van der Waals surface area contributed by atoms with E-state index >= 15 is 0 Å². The highest BCUT2D eigenvalue weighted by Gasteiger charge is 2.12. The molecular weight excluding hydrogens is 287 g/mol. The molecule has 0 bridgehead atoms. The topological polar surface area (TPSA) is 9.23 Å². The Hall–Kier alpha value is -2.87. The van der Waals surface area contributed by atoms with Crippen LogP contribution in [0.15, 0.2) is 85.5 Å². The molecule has 0 aromatic heterocycles. The molecule has 23 heavy (non-hydrogen) atoms. The van der Waals surface area contributed by atoms with Gasteiger partial charge in [-0.2, -0.15) is 0 Å². The molecule has 0 aliphatic carbocycles. The largest absolute Gasteiger partial charge is 0.489 e. The molecule has 0 fully saturated rings. The third kappa shape index (κ3) is 3.32. The van der Waals surface area contributed by atoms with Crippen molar-refractivity contribution in [1.82, 2.24) is 0 Å². The third-order valence-corrected chi connectivity index (χ3v) is 3.60. The first-order chi connectivity index (χ1) is 11.3. The molecule has 3 aromatic rings. The van der Waals surface area contributed by atoms with Gasteiger partial charge >= 0.3 is 0 Å². The molecule has 2 heteroatoms. The Bertz CT molecular complexity index is 809. The Balaban J connectivity index is 2.16. The molecule has 114 valence electrons. The van der Waals surface area contributed by atoms with Gasteiger partial charge in [-0.05, 0) is 34.9 Å². The van der Waals surface area contributed by atoms with Crippen LogP contribution in [0.2, 0.25) is 0 Å². The second kappa shape index (κ2) is 6.93. The van der Waals surface area contributed by atoms with Crippen molar-refractivity contribution in [1.29, 1.82) is 0 Å². The highest BCUT2D eigenvalue weighted by Crippen LogP contribution is 2.37. The lowest BCUT2D eigenvalue weighted by atomic mass is 9.94. The van der Waals surface area contributed by atoms with E-state index in [-0.39, 0.29) is 5.82 Å². The zero-order valence-electron chi connectivity index (χ0n) is 12.7. The van der Waals surface area contributed by atoms with Crippen molar-refractivity contribution in [2.45, 2.75) is 0 Å². The highest BCUT2D eigenvalue weighted by molar-refractivity contribution is 5.86. The second-order valence-electron chi connectivity index (χ2n) is 5.15. The Morgan fingerprint density at radius 1 is 0.826 bits per heavy atom. The summed E-state index contributed by atoms with van der Waals surface area (Å²) in [5.41, 5.74) is 3.81. The third-order valence-electron chi connectivity index (χ3n) is 3.60. The zero-order chi connectivity index (χ0) is 16.1. The van der Waals surface area contributed by atoms with Crippen molar-refractivity contribution in [2.75, 3.05) is 6.61 Å². The van der Waals surface area contributed by atoms with Gasteiger partial charge in [0.2, 0.25) is 0 Å². The zero-order valence-corrected chi connectivity index (χ0v) is 12.7. The van der Waals surface area contributed by atoms with Crippen molar-refractivity contribution in [2.24, 2.45) is 0 Å². The summed E-state index contributed by atoms with van der Waals surface area (Å²) in [6.07, 6.45) is 1.68. The highest BCUT2D eigenvalue weighted by atomic mass is 19.1. The summed E-state index contributed by atoms with van der Waals surface area (Å²) >= 11 is 0. The van der Waals surface area contributed by atoms with Gasteiger partial charge in [0.15, 0.2) is 0 Å². The Labute approximate surface area is 135 Å². The minimum absolute atomic E-state index is 0.284. The quantitative estimate of drug-likeness (QED) is 0.547. The summed E-state index contributed by atoms with van der Waals surface area (Å²) < 4.78 is 19.5. The average molecular weight is 304 g/mol. The molecule has 0 saturated carbocycles. The first-order valence-electron chi connectivity index (χ1n) is 7.47. The Kier molecular flexibility index (Phi) is 4.53. The van der Waals surface area contributed by atoms with Crippen molar-refractivity contribution >= 4 is 0 Å². The molecule has 3 rings (SSSR count). The van der Waals surface area contributed by atoms with Gasteiger partial charge in [0.25, 0.3) is 0 Å². The molecule has 1 nitrogen and oxygen atoms in total. The molecule has 0 aliphatic heterocycles. The van der Waals surface area contributed by atoms with Crippen LogP contribution in [0.4, 0.5) is 4.39 Å². The molecule has 0 amide bonds. The maximum atomic E-state index is 13.8. The minimum atomic E-state index is -0.284. The van der Waals surface area contributed by atoms with Crippen molar-refractivity contribution in [3.05, 3.63) is 91.3 Å². The van der Waals surface area contributed by atoms with Crippen LogP contribution in [-0.2, 0) is 0 Å². The van der Waals surface area contributed by atoms with Gasteiger partial charge < -0.3 is 4.74 Å². The molecular formula is C21H17FO. The molecule has 0 atom stereocenters. The van der Waals surface area contributed by atoms with Crippen LogP contribution in [0.1, 0.15) is 0 Å². The standard InChI is InChI=1S/C21H17FO/c1-2-14-23-21-13-12-17(22)15-20(21)19-11-7-6-10-18(19)16-8-4-3-5-9-16/h2-13,15H,1,14H2. The van der Waals surface area contributed by atoms with Crippen molar-refractivity contribution in [3.8, 4) is 28.0 Å². The molecule has 0 radical (unpaired) electrons. The predicted molar refractivity (Wildman–Crippen MR) is 93.0 cm³/mol. The van der Waals surface area contributed by atoms with Gasteiger partial charge in [-0.15, -0.1) is 0 Å². The summed E-state index contributed by atoms with van der Waals surface area (Å²) in [7, 11) is 0. The first-order valence-corrected chi connectivity index (χ1v) is 7.47. The fraction of sp³-hybridized carbons (Fsp3) is 0.0476. The maximum absolute atomic E-state index is 13.8. The fourth-order valence-corrected chi connectivity index (χ4v) is 2.57. The Morgan fingerprint density at radius 2 is 1.52 bits per heavy atom. The summed E-state index contributed by atoms with van der Waals surface area (Å²) in [6.45, 7) is 4.04. The monoisotopic (exact) mass is 304 g/mol. The SMILES string of the molecule is C=CCOc1ccc(F)cc1-c1ccccc1-c1ccccc1. The summed E-state index contributed by atoms with van der Waals surface area (Å²) in [4.78, 5) is 0. The van der Waals surface area contributed by atoms with Crippen LogP contribution in [0.25, 0.3) is 22.3 Å². The number of hydrogen-bond acceptors (Lipinski definition) is 1. The molecule has 0 aliphatic rings. The van der Waals surface area contributed by atoms with E-state index in [2.05, 4.69) is 6.58 Å². The van der Waals surface area contributed by atoms with E-state index in [1.54, 1.807) is 12.1 Å². The minimum Gasteiger partial charge on any atom is -0.489 e. The number of benzene rings is 3. The predicted octanol–water partition coefficient (Wildman–Crippen LogP) is 5.72. The lowest BCUT2D eigenvalue weighted by molar-refractivity contribution is 0.364. The van der Waals surface area contributed by atoms with Crippen LogP contribution in [0.5, 0.6) is 5.75 Å². The van der Waals surface area contributed by atoms with E-state index in [1.807, 2.05) is 54.6 Å². The maximum Gasteiger partial charge on any atom is 0.127 e. The van der Waals surface area contributed by atoms with E-state index in [0.29, 0.717) is 12.4 Å². The smallest absolute Gasteiger partial charge is 0.127 e. The average Bonchev–Trinajstić information content (AvgIpc) is 2.61. The van der Waals surface area contributed by atoms with Gasteiger partial charge in [0.05, 0.1) is 0 Å². The normalized spacial score (nSPS) is 10.3. The number of ether oxygens (including phenoxy) is 1. The van der Waals surface area contributed by atoms with Crippen LogP contribution in [-0.4, -0.2) is 6.61 Å². The molecule has 0 N–H and O–H groups in total. The molecule has 0 saturated heterocycles. The molecule has 3 aromatic carbocycles. The fourth-order valence-electron chi connectivity index (χ4n) is 2.57. The summed E-state index contributed by atoms with van der Waals surface area (Å²) in [5.74, 6) is 0.364. The summed E-state index contributed by atoms with van der Waals surface area (Å²) in [5, 5.41) is 0. The van der Waals surface area contributed by atoms with E-state index in [4.69, 9.17) is 4.74 Å². The van der Waals surface area contributed by atoms with Gasteiger partial charge in [-0.3, -0.25) is 0 Å². The van der Waals surface area contributed by atoms with Gasteiger partial charge in [-0.1, -0.05) is 67.3 Å². The van der Waals surface area contributed by atoms with E-state index < -0.39 is 0 Å². The molecule has 0 spiro atoms.